The molecule has 2 N–H and O–H groups in total. The van der Waals surface area contributed by atoms with Crippen molar-refractivity contribution >= 4 is 40.5 Å². The topological polar surface area (TPSA) is 41.1 Å². The normalized spacial score (nSPS) is 11.9. The number of anilines is 2. The summed E-state index contributed by atoms with van der Waals surface area (Å²) in [4.78, 5) is 12.3. The zero-order valence-electron chi connectivity index (χ0n) is 12.7. The van der Waals surface area contributed by atoms with Crippen LogP contribution in [0.4, 0.5) is 11.4 Å². The Hall–Kier alpha value is -1.71. The number of hydrogen-bond donors (Lipinski definition) is 2. The number of rotatable bonds is 4. The van der Waals surface area contributed by atoms with Gasteiger partial charge < -0.3 is 10.6 Å². The molecule has 0 saturated carbocycles. The molecule has 0 bridgehead atoms. The van der Waals surface area contributed by atoms with E-state index in [4.69, 9.17) is 23.2 Å². The van der Waals surface area contributed by atoms with E-state index in [9.17, 15) is 4.79 Å². The summed E-state index contributed by atoms with van der Waals surface area (Å²) in [5, 5.41) is 6.97. The molecule has 0 unspecified atom stereocenters. The van der Waals surface area contributed by atoms with Gasteiger partial charge in [-0.2, -0.15) is 0 Å². The van der Waals surface area contributed by atoms with Crippen LogP contribution in [0.15, 0.2) is 36.4 Å². The molecule has 0 spiro atoms. The standard InChI is InChI=1S/C17H18Cl2N2O/c1-10-4-5-11(2)16(8-10)20-12(3)17(22)21-15-7-6-13(18)9-14(15)19/h4-9,12,20H,1-3H3,(H,21,22)/t12-/m0/s1. The molecule has 2 aromatic rings. The van der Waals surface area contributed by atoms with Gasteiger partial charge in [-0.25, -0.2) is 0 Å². The van der Waals surface area contributed by atoms with Crippen LogP contribution >= 0.6 is 23.2 Å². The molecule has 22 heavy (non-hydrogen) atoms. The number of aryl methyl sites for hydroxylation is 2. The third-order valence-electron chi connectivity index (χ3n) is 3.35. The number of carbonyl (C=O) groups excluding carboxylic acids is 1. The SMILES string of the molecule is Cc1ccc(C)c(N[C@@H](C)C(=O)Nc2ccc(Cl)cc2Cl)c1. The van der Waals surface area contributed by atoms with Gasteiger partial charge in [0.05, 0.1) is 10.7 Å². The highest BCUT2D eigenvalue weighted by Crippen LogP contribution is 2.25. The van der Waals surface area contributed by atoms with Crippen molar-refractivity contribution in [2.24, 2.45) is 0 Å². The van der Waals surface area contributed by atoms with Gasteiger partial charge in [0.2, 0.25) is 5.91 Å². The summed E-state index contributed by atoms with van der Waals surface area (Å²) in [6.07, 6.45) is 0. The molecule has 1 amide bonds. The minimum absolute atomic E-state index is 0.162. The highest BCUT2D eigenvalue weighted by molar-refractivity contribution is 6.36. The summed E-state index contributed by atoms with van der Waals surface area (Å²) in [5.74, 6) is -0.162. The fourth-order valence-corrected chi connectivity index (χ4v) is 2.48. The summed E-state index contributed by atoms with van der Waals surface area (Å²) in [6, 6.07) is 10.7. The highest BCUT2D eigenvalue weighted by Gasteiger charge is 2.15. The zero-order chi connectivity index (χ0) is 16.3. The predicted molar refractivity (Wildman–Crippen MR) is 94.1 cm³/mol. The summed E-state index contributed by atoms with van der Waals surface area (Å²) < 4.78 is 0. The fraction of sp³-hybridized carbons (Fsp3) is 0.235. The van der Waals surface area contributed by atoms with Gasteiger partial charge in [-0.05, 0) is 56.2 Å². The van der Waals surface area contributed by atoms with Crippen molar-refractivity contribution in [3.8, 4) is 0 Å². The lowest BCUT2D eigenvalue weighted by atomic mass is 10.1. The van der Waals surface area contributed by atoms with E-state index in [2.05, 4.69) is 10.6 Å². The molecule has 2 rings (SSSR count). The van der Waals surface area contributed by atoms with Gasteiger partial charge in [0.25, 0.3) is 0 Å². The average Bonchev–Trinajstić information content (AvgIpc) is 2.45. The Labute approximate surface area is 140 Å². The monoisotopic (exact) mass is 336 g/mol. The first-order chi connectivity index (χ1) is 10.4. The second-order valence-corrected chi connectivity index (χ2v) is 6.14. The van der Waals surface area contributed by atoms with Crippen LogP contribution in [0, 0.1) is 13.8 Å². The smallest absolute Gasteiger partial charge is 0.246 e. The van der Waals surface area contributed by atoms with Crippen LogP contribution in [0.25, 0.3) is 0 Å². The minimum Gasteiger partial charge on any atom is -0.374 e. The van der Waals surface area contributed by atoms with Crippen molar-refractivity contribution in [1.82, 2.24) is 0 Å². The first-order valence-corrected chi connectivity index (χ1v) is 7.72. The fourth-order valence-electron chi connectivity index (χ4n) is 2.02. The van der Waals surface area contributed by atoms with Crippen LogP contribution in [0.1, 0.15) is 18.1 Å². The Morgan fingerprint density at radius 3 is 2.45 bits per heavy atom. The second-order valence-electron chi connectivity index (χ2n) is 5.30. The largest absolute Gasteiger partial charge is 0.374 e. The van der Waals surface area contributed by atoms with Gasteiger partial charge in [-0.1, -0.05) is 35.3 Å². The molecule has 5 heteroatoms. The Kier molecular flexibility index (Phi) is 5.33. The quantitative estimate of drug-likeness (QED) is 0.820. The molecular weight excluding hydrogens is 319 g/mol. The molecule has 1 atom stereocenters. The van der Waals surface area contributed by atoms with E-state index in [1.165, 1.54) is 0 Å². The molecule has 0 aliphatic heterocycles. The number of amides is 1. The van der Waals surface area contributed by atoms with E-state index < -0.39 is 6.04 Å². The van der Waals surface area contributed by atoms with E-state index in [0.29, 0.717) is 15.7 Å². The molecule has 0 aliphatic carbocycles. The molecule has 3 nitrogen and oxygen atoms in total. The van der Waals surface area contributed by atoms with Crippen molar-refractivity contribution in [3.63, 3.8) is 0 Å². The van der Waals surface area contributed by atoms with E-state index >= 15 is 0 Å². The van der Waals surface area contributed by atoms with Gasteiger partial charge in [0.15, 0.2) is 0 Å². The van der Waals surface area contributed by atoms with Gasteiger partial charge in [-0.15, -0.1) is 0 Å². The Morgan fingerprint density at radius 1 is 1.05 bits per heavy atom. The first-order valence-electron chi connectivity index (χ1n) is 6.96. The lowest BCUT2D eigenvalue weighted by Gasteiger charge is -2.18. The third-order valence-corrected chi connectivity index (χ3v) is 3.90. The molecule has 2 aromatic carbocycles. The second kappa shape index (κ2) is 7.03. The molecular formula is C17H18Cl2N2O. The first kappa shape index (κ1) is 16.7. The Morgan fingerprint density at radius 2 is 1.77 bits per heavy atom. The molecule has 0 heterocycles. The molecule has 0 radical (unpaired) electrons. The highest BCUT2D eigenvalue weighted by atomic mass is 35.5. The van der Waals surface area contributed by atoms with Gasteiger partial charge in [-0.3, -0.25) is 4.79 Å². The maximum atomic E-state index is 12.3. The van der Waals surface area contributed by atoms with Gasteiger partial charge in [0, 0.05) is 10.7 Å². The number of hydrogen-bond acceptors (Lipinski definition) is 2. The lowest BCUT2D eigenvalue weighted by molar-refractivity contribution is -0.116. The molecule has 0 saturated heterocycles. The lowest BCUT2D eigenvalue weighted by Crippen LogP contribution is -2.32. The minimum atomic E-state index is -0.396. The van der Waals surface area contributed by atoms with Crippen molar-refractivity contribution in [1.29, 1.82) is 0 Å². The van der Waals surface area contributed by atoms with Crippen LogP contribution in [-0.2, 0) is 4.79 Å². The van der Waals surface area contributed by atoms with Gasteiger partial charge >= 0.3 is 0 Å². The van der Waals surface area contributed by atoms with Crippen molar-refractivity contribution in [2.45, 2.75) is 26.8 Å². The van der Waals surface area contributed by atoms with Crippen LogP contribution < -0.4 is 10.6 Å². The zero-order valence-corrected chi connectivity index (χ0v) is 14.2. The van der Waals surface area contributed by atoms with Gasteiger partial charge in [0.1, 0.15) is 6.04 Å². The molecule has 0 fully saturated rings. The summed E-state index contributed by atoms with van der Waals surface area (Å²) in [6.45, 7) is 5.83. The summed E-state index contributed by atoms with van der Waals surface area (Å²) in [7, 11) is 0. The van der Waals surface area contributed by atoms with E-state index in [-0.39, 0.29) is 5.91 Å². The number of nitrogens with one attached hydrogen (secondary N) is 2. The third kappa shape index (κ3) is 4.15. The predicted octanol–water partition coefficient (Wildman–Crippen LogP) is 5.05. The van der Waals surface area contributed by atoms with Crippen LogP contribution in [0.5, 0.6) is 0 Å². The van der Waals surface area contributed by atoms with E-state index in [0.717, 1.165) is 16.8 Å². The Balaban J connectivity index is 2.07. The van der Waals surface area contributed by atoms with E-state index in [1.807, 2.05) is 32.0 Å². The van der Waals surface area contributed by atoms with E-state index in [1.54, 1.807) is 25.1 Å². The number of benzene rings is 2. The van der Waals surface area contributed by atoms with Crippen molar-refractivity contribution in [2.75, 3.05) is 10.6 Å². The Bertz CT molecular complexity index is 701. The average molecular weight is 337 g/mol. The summed E-state index contributed by atoms with van der Waals surface area (Å²) in [5.41, 5.74) is 3.73. The van der Waals surface area contributed by atoms with Crippen LogP contribution in [-0.4, -0.2) is 11.9 Å². The van der Waals surface area contributed by atoms with Crippen LogP contribution in [0.3, 0.4) is 0 Å². The maximum Gasteiger partial charge on any atom is 0.246 e. The molecule has 116 valence electrons. The molecule has 0 aliphatic rings. The summed E-state index contributed by atoms with van der Waals surface area (Å²) >= 11 is 11.9. The maximum absolute atomic E-state index is 12.3. The molecule has 0 aromatic heterocycles. The van der Waals surface area contributed by atoms with Crippen LogP contribution in [0.2, 0.25) is 10.0 Å². The van der Waals surface area contributed by atoms with Crippen molar-refractivity contribution in [3.05, 3.63) is 57.6 Å². The number of carbonyl (C=O) groups is 1. The van der Waals surface area contributed by atoms with Crippen molar-refractivity contribution < 1.29 is 4.79 Å². The number of halogens is 2.